The van der Waals surface area contributed by atoms with E-state index in [9.17, 15) is 13.2 Å². The monoisotopic (exact) mass is 497 g/mol. The number of aliphatic imine (C=N–C) groups is 1. The highest BCUT2D eigenvalue weighted by Crippen LogP contribution is 2.15. The first-order valence-corrected chi connectivity index (χ1v) is 8.01. The van der Waals surface area contributed by atoms with Gasteiger partial charge in [-0.05, 0) is 17.2 Å². The Morgan fingerprint density at radius 3 is 2.30 bits per heavy atom. The zero-order valence-corrected chi connectivity index (χ0v) is 17.4. The van der Waals surface area contributed by atoms with Crippen LogP contribution in [-0.4, -0.2) is 35.6 Å². The van der Waals surface area contributed by atoms with E-state index in [0.29, 0.717) is 24.6 Å². The van der Waals surface area contributed by atoms with Gasteiger partial charge in [0.25, 0.3) is 0 Å². The van der Waals surface area contributed by atoms with Crippen LogP contribution in [-0.2, 0) is 31.5 Å². The summed E-state index contributed by atoms with van der Waals surface area (Å²) in [5.41, 5.74) is 2.70. The number of nitrogens with zero attached hydrogens (tertiary/aromatic N) is 3. The quantitative estimate of drug-likeness (QED) is 0.351. The lowest BCUT2D eigenvalue weighted by atomic mass is 10.1. The number of ether oxygens (including phenoxy) is 1. The van der Waals surface area contributed by atoms with Crippen molar-refractivity contribution in [2.45, 2.75) is 25.9 Å². The molecule has 0 aliphatic carbocycles. The Morgan fingerprint density at radius 2 is 1.74 bits per heavy atom. The third kappa shape index (κ3) is 8.61. The average molecular weight is 497 g/mol. The van der Waals surface area contributed by atoms with Gasteiger partial charge in [0, 0.05) is 26.8 Å². The molecule has 1 heterocycles. The van der Waals surface area contributed by atoms with Crippen LogP contribution in [0.1, 0.15) is 16.8 Å². The van der Waals surface area contributed by atoms with E-state index < -0.39 is 12.8 Å². The van der Waals surface area contributed by atoms with E-state index in [1.54, 1.807) is 30.1 Å². The van der Waals surface area contributed by atoms with Crippen molar-refractivity contribution < 1.29 is 17.9 Å². The van der Waals surface area contributed by atoms with E-state index in [0.717, 1.165) is 11.3 Å². The third-order valence-electron chi connectivity index (χ3n) is 3.60. The molecule has 0 aliphatic rings. The Bertz CT molecular complexity index is 716. The number of hydrogen-bond acceptors (Lipinski definition) is 3. The molecule has 0 saturated carbocycles. The molecule has 0 spiro atoms. The fraction of sp³-hybridized carbons (Fsp3) is 0.412. The zero-order chi connectivity index (χ0) is 19.0. The predicted molar refractivity (Wildman–Crippen MR) is 108 cm³/mol. The molecule has 2 aromatic rings. The minimum atomic E-state index is -4.30. The van der Waals surface area contributed by atoms with Crippen LogP contribution in [0.2, 0.25) is 0 Å². The number of guanidine groups is 1. The Hall–Kier alpha value is -1.82. The van der Waals surface area contributed by atoms with E-state index >= 15 is 0 Å². The number of benzene rings is 1. The van der Waals surface area contributed by atoms with E-state index in [2.05, 4.69) is 25.5 Å². The molecule has 150 valence electrons. The van der Waals surface area contributed by atoms with Gasteiger partial charge in [-0.15, -0.1) is 24.0 Å². The van der Waals surface area contributed by atoms with Crippen LogP contribution in [0.15, 0.2) is 41.5 Å². The summed E-state index contributed by atoms with van der Waals surface area (Å²) in [7, 11) is 3.55. The Labute approximate surface area is 173 Å². The van der Waals surface area contributed by atoms with E-state index in [1.807, 2.05) is 25.2 Å². The van der Waals surface area contributed by atoms with Gasteiger partial charge in [0.05, 0.1) is 18.8 Å². The molecule has 27 heavy (non-hydrogen) atoms. The van der Waals surface area contributed by atoms with Crippen molar-refractivity contribution in [1.82, 2.24) is 20.4 Å². The molecule has 0 bridgehead atoms. The largest absolute Gasteiger partial charge is 0.411 e. The molecule has 0 amide bonds. The summed E-state index contributed by atoms with van der Waals surface area (Å²) in [5.74, 6) is 0.642. The maximum atomic E-state index is 12.1. The third-order valence-corrected chi connectivity index (χ3v) is 3.60. The van der Waals surface area contributed by atoms with Gasteiger partial charge >= 0.3 is 6.18 Å². The fourth-order valence-electron chi connectivity index (χ4n) is 2.19. The van der Waals surface area contributed by atoms with Crippen LogP contribution in [0.3, 0.4) is 0 Å². The first kappa shape index (κ1) is 23.2. The van der Waals surface area contributed by atoms with Crippen LogP contribution in [0.4, 0.5) is 13.2 Å². The molecule has 0 aliphatic heterocycles. The first-order chi connectivity index (χ1) is 12.4. The number of aromatic nitrogens is 2. The molecule has 2 N–H and O–H groups in total. The van der Waals surface area contributed by atoms with Crippen molar-refractivity contribution in [3.63, 3.8) is 0 Å². The van der Waals surface area contributed by atoms with Crippen LogP contribution in [0.25, 0.3) is 0 Å². The van der Waals surface area contributed by atoms with Crippen molar-refractivity contribution in [2.75, 3.05) is 13.7 Å². The number of alkyl halides is 3. The normalized spacial score (nSPS) is 11.8. The summed E-state index contributed by atoms with van der Waals surface area (Å²) in [5, 5.41) is 10.5. The molecule has 10 heteroatoms. The number of aryl methyl sites for hydroxylation is 1. The standard InChI is InChI=1S/C17H22F3N5O.HI/c1-21-16(23-10-15-7-8-24-25(15)2)22-9-13-3-5-14(6-4-13)11-26-12-17(18,19)20;/h3-8H,9-12H2,1-2H3,(H2,21,22,23);1H. The smallest absolute Gasteiger partial charge is 0.367 e. The fourth-order valence-corrected chi connectivity index (χ4v) is 2.19. The maximum Gasteiger partial charge on any atom is 0.411 e. The lowest BCUT2D eigenvalue weighted by molar-refractivity contribution is -0.176. The minimum Gasteiger partial charge on any atom is -0.367 e. The topological polar surface area (TPSA) is 63.5 Å². The number of nitrogens with one attached hydrogen (secondary N) is 2. The molecule has 0 unspecified atom stereocenters. The molecule has 0 radical (unpaired) electrons. The average Bonchev–Trinajstić information content (AvgIpc) is 3.00. The summed E-state index contributed by atoms with van der Waals surface area (Å²) in [6.45, 7) is -0.184. The van der Waals surface area contributed by atoms with Crippen molar-refractivity contribution in [2.24, 2.45) is 12.0 Å². The molecular weight excluding hydrogens is 474 g/mol. The van der Waals surface area contributed by atoms with E-state index in [4.69, 9.17) is 0 Å². The second-order valence-corrected chi connectivity index (χ2v) is 5.65. The van der Waals surface area contributed by atoms with Crippen LogP contribution in [0, 0.1) is 0 Å². The van der Waals surface area contributed by atoms with Gasteiger partial charge < -0.3 is 15.4 Å². The van der Waals surface area contributed by atoms with Crippen molar-refractivity contribution >= 4 is 29.9 Å². The highest BCUT2D eigenvalue weighted by Gasteiger charge is 2.27. The molecule has 0 fully saturated rings. The summed E-state index contributed by atoms with van der Waals surface area (Å²) in [6, 6.07) is 9.10. The van der Waals surface area contributed by atoms with Gasteiger partial charge in [-0.25, -0.2) is 0 Å². The number of rotatable bonds is 7. The second kappa shape index (κ2) is 11.1. The SMILES string of the molecule is CN=C(NCc1ccc(COCC(F)(F)F)cc1)NCc1ccnn1C.I. The van der Waals surface area contributed by atoms with Gasteiger partial charge in [0.1, 0.15) is 6.61 Å². The Kier molecular flexibility index (Phi) is 9.56. The molecule has 1 aromatic carbocycles. The summed E-state index contributed by atoms with van der Waals surface area (Å²) >= 11 is 0. The van der Waals surface area contributed by atoms with Crippen LogP contribution < -0.4 is 10.6 Å². The molecule has 0 saturated heterocycles. The molecular formula is C17H23F3IN5O. The molecule has 6 nitrogen and oxygen atoms in total. The minimum absolute atomic E-state index is 0. The zero-order valence-electron chi connectivity index (χ0n) is 15.1. The highest BCUT2D eigenvalue weighted by atomic mass is 127. The van der Waals surface area contributed by atoms with Crippen LogP contribution in [0.5, 0.6) is 0 Å². The number of halogens is 4. The van der Waals surface area contributed by atoms with E-state index in [-0.39, 0.29) is 30.6 Å². The van der Waals surface area contributed by atoms with Gasteiger partial charge in [0.15, 0.2) is 5.96 Å². The molecule has 0 atom stereocenters. The lowest BCUT2D eigenvalue weighted by Gasteiger charge is -2.12. The highest BCUT2D eigenvalue weighted by molar-refractivity contribution is 14.0. The van der Waals surface area contributed by atoms with Gasteiger partial charge in [-0.3, -0.25) is 9.67 Å². The number of hydrogen-bond donors (Lipinski definition) is 2. The second-order valence-electron chi connectivity index (χ2n) is 5.65. The Morgan fingerprint density at radius 1 is 1.11 bits per heavy atom. The first-order valence-electron chi connectivity index (χ1n) is 8.01. The van der Waals surface area contributed by atoms with Crippen molar-refractivity contribution in [3.8, 4) is 0 Å². The van der Waals surface area contributed by atoms with Gasteiger partial charge in [-0.2, -0.15) is 18.3 Å². The van der Waals surface area contributed by atoms with Crippen molar-refractivity contribution in [1.29, 1.82) is 0 Å². The summed E-state index contributed by atoms with van der Waals surface area (Å²) < 4.78 is 42.6. The predicted octanol–water partition coefficient (Wildman–Crippen LogP) is 2.98. The summed E-state index contributed by atoms with van der Waals surface area (Å²) in [4.78, 5) is 4.15. The van der Waals surface area contributed by atoms with E-state index in [1.165, 1.54) is 0 Å². The van der Waals surface area contributed by atoms with Gasteiger partial charge in [0.2, 0.25) is 0 Å². The maximum absolute atomic E-state index is 12.1. The summed E-state index contributed by atoms with van der Waals surface area (Å²) in [6.07, 6.45) is -2.57. The molecule has 2 rings (SSSR count). The Balaban J connectivity index is 0.00000364. The van der Waals surface area contributed by atoms with Crippen molar-refractivity contribution in [3.05, 3.63) is 53.3 Å². The van der Waals surface area contributed by atoms with Gasteiger partial charge in [-0.1, -0.05) is 24.3 Å². The molecule has 1 aromatic heterocycles. The van der Waals surface area contributed by atoms with Crippen LogP contribution >= 0.6 is 24.0 Å². The lowest BCUT2D eigenvalue weighted by Crippen LogP contribution is -2.36.